The van der Waals surface area contributed by atoms with Crippen LogP contribution in [0.5, 0.6) is 5.75 Å². The summed E-state index contributed by atoms with van der Waals surface area (Å²) >= 11 is 0. The number of carbonyl (C=O) groups excluding carboxylic acids is 1. The number of hydrogen-bond donors (Lipinski definition) is 0. The molecule has 0 amide bonds. The van der Waals surface area contributed by atoms with Crippen molar-refractivity contribution in [2.45, 2.75) is 104 Å². The van der Waals surface area contributed by atoms with Gasteiger partial charge in [-0.05, 0) is 37.1 Å². The predicted octanol–water partition coefficient (Wildman–Crippen LogP) is 9.75. The number of aryl methyl sites for hydroxylation is 1. The van der Waals surface area contributed by atoms with E-state index in [1.165, 1.54) is 89.0 Å². The van der Waals surface area contributed by atoms with E-state index >= 15 is 0 Å². The van der Waals surface area contributed by atoms with Gasteiger partial charge in [-0.3, -0.25) is 4.79 Å². The summed E-state index contributed by atoms with van der Waals surface area (Å²) in [6.07, 6.45) is 22.5. The number of carbonyl (C=O) groups is 1. The molecule has 0 aromatic heterocycles. The molecule has 0 fully saturated rings. The first-order valence-corrected chi connectivity index (χ1v) is 13.7. The molecular weight excluding hydrogens is 416 g/mol. The third-order valence-electron chi connectivity index (χ3n) is 6.39. The maximum atomic E-state index is 12.5. The molecule has 0 spiro atoms. The fourth-order valence-electron chi connectivity index (χ4n) is 4.17. The smallest absolute Gasteiger partial charge is 0.185 e. The standard InChI is InChI=1S/C32H46O2/c1-3-4-5-6-7-8-9-10-11-12-13-14-15-16-26-34-31-19-17-18-30(27-31)32(33)25-24-29-22-20-28(2)21-23-29/h17-25,27H,3-16,26H2,1-2H3. The van der Waals surface area contributed by atoms with Gasteiger partial charge in [0.25, 0.3) is 0 Å². The van der Waals surface area contributed by atoms with Crippen LogP contribution >= 0.6 is 0 Å². The van der Waals surface area contributed by atoms with Crippen LogP contribution in [0.3, 0.4) is 0 Å². The van der Waals surface area contributed by atoms with E-state index in [1.807, 2.05) is 42.5 Å². The average molecular weight is 463 g/mol. The van der Waals surface area contributed by atoms with Gasteiger partial charge >= 0.3 is 0 Å². The molecule has 0 aliphatic rings. The monoisotopic (exact) mass is 462 g/mol. The Kier molecular flexibility index (Phi) is 14.8. The van der Waals surface area contributed by atoms with Crippen molar-refractivity contribution in [3.8, 4) is 5.75 Å². The molecule has 34 heavy (non-hydrogen) atoms. The van der Waals surface area contributed by atoms with Gasteiger partial charge in [0.15, 0.2) is 5.78 Å². The lowest BCUT2D eigenvalue weighted by Gasteiger charge is -2.07. The molecule has 0 radical (unpaired) electrons. The van der Waals surface area contributed by atoms with Gasteiger partial charge in [0.1, 0.15) is 5.75 Å². The number of rotatable bonds is 19. The first-order chi connectivity index (χ1) is 16.7. The third kappa shape index (κ3) is 12.8. The van der Waals surface area contributed by atoms with Crippen LogP contribution in [0.2, 0.25) is 0 Å². The fourth-order valence-corrected chi connectivity index (χ4v) is 4.17. The number of ketones is 1. The molecule has 2 aromatic rings. The van der Waals surface area contributed by atoms with Gasteiger partial charge in [0, 0.05) is 5.56 Å². The summed E-state index contributed by atoms with van der Waals surface area (Å²) in [5.41, 5.74) is 2.91. The van der Waals surface area contributed by atoms with E-state index in [9.17, 15) is 4.79 Å². The Morgan fingerprint density at radius 2 is 1.29 bits per heavy atom. The highest BCUT2D eigenvalue weighted by molar-refractivity contribution is 6.07. The fraction of sp³-hybridized carbons (Fsp3) is 0.531. The number of unbranched alkanes of at least 4 members (excludes halogenated alkanes) is 13. The highest BCUT2D eigenvalue weighted by Crippen LogP contribution is 2.17. The van der Waals surface area contributed by atoms with Gasteiger partial charge in [-0.25, -0.2) is 0 Å². The molecule has 0 unspecified atom stereocenters. The molecule has 0 aliphatic heterocycles. The van der Waals surface area contributed by atoms with Crippen molar-refractivity contribution in [1.29, 1.82) is 0 Å². The van der Waals surface area contributed by atoms with Crippen LogP contribution < -0.4 is 4.74 Å². The number of hydrogen-bond acceptors (Lipinski definition) is 2. The van der Waals surface area contributed by atoms with Crippen LogP contribution in [0.1, 0.15) is 118 Å². The van der Waals surface area contributed by atoms with Crippen molar-refractivity contribution in [1.82, 2.24) is 0 Å². The van der Waals surface area contributed by atoms with Crippen LogP contribution in [0.25, 0.3) is 6.08 Å². The van der Waals surface area contributed by atoms with E-state index in [2.05, 4.69) is 26.0 Å². The second kappa shape index (κ2) is 18.0. The zero-order chi connectivity index (χ0) is 24.3. The van der Waals surface area contributed by atoms with Crippen molar-refractivity contribution in [2.75, 3.05) is 6.61 Å². The summed E-state index contributed by atoms with van der Waals surface area (Å²) < 4.78 is 5.90. The van der Waals surface area contributed by atoms with E-state index in [-0.39, 0.29) is 5.78 Å². The average Bonchev–Trinajstić information content (AvgIpc) is 2.86. The van der Waals surface area contributed by atoms with E-state index < -0.39 is 0 Å². The van der Waals surface area contributed by atoms with Crippen LogP contribution in [0, 0.1) is 6.92 Å². The lowest BCUT2D eigenvalue weighted by atomic mass is 10.0. The van der Waals surface area contributed by atoms with Gasteiger partial charge < -0.3 is 4.74 Å². The Hall–Kier alpha value is -2.35. The summed E-state index contributed by atoms with van der Waals surface area (Å²) in [6.45, 7) is 5.06. The molecule has 2 rings (SSSR count). The molecule has 0 aliphatic carbocycles. The van der Waals surface area contributed by atoms with Crippen molar-refractivity contribution < 1.29 is 9.53 Å². The van der Waals surface area contributed by atoms with Crippen LogP contribution in [-0.4, -0.2) is 12.4 Å². The van der Waals surface area contributed by atoms with Crippen molar-refractivity contribution in [3.05, 3.63) is 71.3 Å². The maximum Gasteiger partial charge on any atom is 0.185 e. The minimum Gasteiger partial charge on any atom is -0.494 e. The quantitative estimate of drug-likeness (QED) is 0.118. The SMILES string of the molecule is CCCCCCCCCCCCCCCCOc1cccc(C(=O)C=Cc2ccc(C)cc2)c1. The minimum absolute atomic E-state index is 0.00233. The molecule has 0 N–H and O–H groups in total. The van der Waals surface area contributed by atoms with Crippen molar-refractivity contribution >= 4 is 11.9 Å². The Morgan fingerprint density at radius 3 is 1.88 bits per heavy atom. The highest BCUT2D eigenvalue weighted by Gasteiger charge is 2.04. The zero-order valence-electron chi connectivity index (χ0n) is 21.7. The van der Waals surface area contributed by atoms with E-state index in [4.69, 9.17) is 4.74 Å². The van der Waals surface area contributed by atoms with E-state index in [0.717, 1.165) is 24.3 Å². The Bertz CT molecular complexity index is 819. The Labute approximate surface area is 208 Å². The summed E-state index contributed by atoms with van der Waals surface area (Å²) in [6, 6.07) is 15.7. The molecule has 0 saturated heterocycles. The molecule has 2 heteroatoms. The summed E-state index contributed by atoms with van der Waals surface area (Å²) in [5.74, 6) is 0.784. The molecule has 0 heterocycles. The van der Waals surface area contributed by atoms with E-state index in [0.29, 0.717) is 5.56 Å². The summed E-state index contributed by atoms with van der Waals surface area (Å²) in [7, 11) is 0. The lowest BCUT2D eigenvalue weighted by Crippen LogP contribution is -2.00. The van der Waals surface area contributed by atoms with Gasteiger partial charge in [-0.2, -0.15) is 0 Å². The minimum atomic E-state index is 0.00233. The predicted molar refractivity (Wildman–Crippen MR) is 147 cm³/mol. The van der Waals surface area contributed by atoms with Crippen LogP contribution in [-0.2, 0) is 0 Å². The second-order valence-electron chi connectivity index (χ2n) is 9.58. The normalized spacial score (nSPS) is 11.2. The van der Waals surface area contributed by atoms with Gasteiger partial charge in [0.05, 0.1) is 6.61 Å². The number of ether oxygens (including phenoxy) is 1. The zero-order valence-corrected chi connectivity index (χ0v) is 21.7. The van der Waals surface area contributed by atoms with E-state index in [1.54, 1.807) is 6.08 Å². The first-order valence-electron chi connectivity index (χ1n) is 13.7. The largest absolute Gasteiger partial charge is 0.494 e. The highest BCUT2D eigenvalue weighted by atomic mass is 16.5. The molecule has 0 bridgehead atoms. The second-order valence-corrected chi connectivity index (χ2v) is 9.58. The summed E-state index contributed by atoms with van der Waals surface area (Å²) in [5, 5.41) is 0. The molecule has 0 saturated carbocycles. The lowest BCUT2D eigenvalue weighted by molar-refractivity contribution is 0.104. The van der Waals surface area contributed by atoms with Crippen LogP contribution in [0.4, 0.5) is 0 Å². The topological polar surface area (TPSA) is 26.3 Å². The van der Waals surface area contributed by atoms with Crippen LogP contribution in [0.15, 0.2) is 54.6 Å². The number of benzene rings is 2. The third-order valence-corrected chi connectivity index (χ3v) is 6.39. The van der Waals surface area contributed by atoms with Crippen molar-refractivity contribution in [2.24, 2.45) is 0 Å². The Balaban J connectivity index is 1.51. The number of allylic oxidation sites excluding steroid dienone is 1. The van der Waals surface area contributed by atoms with Gasteiger partial charge in [-0.15, -0.1) is 0 Å². The molecule has 0 atom stereocenters. The van der Waals surface area contributed by atoms with Gasteiger partial charge in [-0.1, -0.05) is 138 Å². The summed E-state index contributed by atoms with van der Waals surface area (Å²) in [4.78, 5) is 12.5. The van der Waals surface area contributed by atoms with Crippen molar-refractivity contribution in [3.63, 3.8) is 0 Å². The molecule has 186 valence electrons. The molecule has 2 aromatic carbocycles. The molecule has 2 nitrogen and oxygen atoms in total. The maximum absolute atomic E-state index is 12.5. The molecular formula is C32H46O2. The Morgan fingerprint density at radius 1 is 0.735 bits per heavy atom. The first kappa shape index (κ1) is 27.9. The van der Waals surface area contributed by atoms with Gasteiger partial charge in [0.2, 0.25) is 0 Å².